The number of aromatic nitrogens is 5. The molecule has 1 N–H and O–H groups in total. The van der Waals surface area contributed by atoms with Crippen molar-refractivity contribution in [2.45, 2.75) is 26.7 Å². The number of imidazole rings is 1. The largest absolute Gasteiger partial charge is 0.476 e. The second kappa shape index (κ2) is 5.01. The van der Waals surface area contributed by atoms with E-state index in [1.54, 1.807) is 22.7 Å². The minimum atomic E-state index is -1.04. The van der Waals surface area contributed by atoms with Crippen molar-refractivity contribution in [3.8, 4) is 5.82 Å². The maximum Gasteiger partial charge on any atom is 0.356 e. The first-order valence-electron chi connectivity index (χ1n) is 6.81. The first-order chi connectivity index (χ1) is 10.2. The molecule has 0 aliphatic carbocycles. The highest BCUT2D eigenvalue weighted by molar-refractivity contribution is 5.90. The van der Waals surface area contributed by atoms with Crippen LogP contribution in [0.2, 0.25) is 0 Å². The van der Waals surface area contributed by atoms with E-state index in [1.807, 2.05) is 19.9 Å². The van der Waals surface area contributed by atoms with E-state index < -0.39 is 5.97 Å². The molecule has 21 heavy (non-hydrogen) atoms. The molecule has 0 aromatic carbocycles. The Bertz CT molecular complexity index is 818. The van der Waals surface area contributed by atoms with Gasteiger partial charge in [-0.15, -0.1) is 5.10 Å². The fraction of sp³-hybridized carbons (Fsp3) is 0.286. The summed E-state index contributed by atoms with van der Waals surface area (Å²) in [6, 6.07) is 5.35. The van der Waals surface area contributed by atoms with Crippen LogP contribution in [0.4, 0.5) is 0 Å². The molecule has 0 amide bonds. The highest BCUT2D eigenvalue weighted by Gasteiger charge is 2.23. The van der Waals surface area contributed by atoms with Gasteiger partial charge in [0.2, 0.25) is 0 Å². The lowest BCUT2D eigenvalue weighted by Crippen LogP contribution is -2.10. The molecular formula is C14H15N5O2. The number of fused-ring (bicyclic) bond motifs is 1. The van der Waals surface area contributed by atoms with Crippen molar-refractivity contribution in [2.75, 3.05) is 0 Å². The molecule has 0 aliphatic rings. The van der Waals surface area contributed by atoms with Gasteiger partial charge in [0, 0.05) is 19.0 Å². The fourth-order valence-electron chi connectivity index (χ4n) is 2.27. The van der Waals surface area contributed by atoms with Crippen LogP contribution in [0.5, 0.6) is 0 Å². The molecule has 108 valence electrons. The number of carboxylic acid groups (broad SMARTS) is 1. The van der Waals surface area contributed by atoms with Crippen LogP contribution in [0.25, 0.3) is 11.5 Å². The highest BCUT2D eigenvalue weighted by atomic mass is 16.4. The zero-order chi connectivity index (χ0) is 15.0. The van der Waals surface area contributed by atoms with Crippen LogP contribution in [0.15, 0.2) is 24.4 Å². The third-order valence-electron chi connectivity index (χ3n) is 3.27. The molecule has 3 rings (SSSR count). The van der Waals surface area contributed by atoms with Gasteiger partial charge < -0.3 is 5.11 Å². The van der Waals surface area contributed by atoms with Gasteiger partial charge in [-0.05, 0) is 12.1 Å². The van der Waals surface area contributed by atoms with Gasteiger partial charge >= 0.3 is 5.97 Å². The molecule has 3 aromatic heterocycles. The van der Waals surface area contributed by atoms with Crippen molar-refractivity contribution in [1.29, 1.82) is 0 Å². The monoisotopic (exact) mass is 285 g/mol. The van der Waals surface area contributed by atoms with Crippen molar-refractivity contribution in [3.63, 3.8) is 0 Å². The summed E-state index contributed by atoms with van der Waals surface area (Å²) in [6.45, 7) is 3.91. The number of aryl methyl sites for hydroxylation is 2. The summed E-state index contributed by atoms with van der Waals surface area (Å²) in [5.74, 6) is 0.648. The van der Waals surface area contributed by atoms with Crippen molar-refractivity contribution >= 4 is 11.6 Å². The summed E-state index contributed by atoms with van der Waals surface area (Å²) >= 11 is 0. The fourth-order valence-corrected chi connectivity index (χ4v) is 2.27. The van der Waals surface area contributed by atoms with Crippen LogP contribution >= 0.6 is 0 Å². The van der Waals surface area contributed by atoms with Crippen molar-refractivity contribution in [2.24, 2.45) is 0 Å². The van der Waals surface area contributed by atoms with Crippen molar-refractivity contribution in [1.82, 2.24) is 24.1 Å². The quantitative estimate of drug-likeness (QED) is 0.789. The van der Waals surface area contributed by atoms with Gasteiger partial charge in [-0.1, -0.05) is 19.9 Å². The Morgan fingerprint density at radius 1 is 1.24 bits per heavy atom. The molecular weight excluding hydrogens is 270 g/mol. The van der Waals surface area contributed by atoms with Gasteiger partial charge in [0.1, 0.15) is 11.5 Å². The molecule has 0 bridgehead atoms. The van der Waals surface area contributed by atoms with Crippen molar-refractivity contribution in [3.05, 3.63) is 41.7 Å². The average Bonchev–Trinajstić information content (AvgIpc) is 3.07. The summed E-state index contributed by atoms with van der Waals surface area (Å²) in [6.07, 6.45) is 3.02. The van der Waals surface area contributed by atoms with E-state index in [0.717, 1.165) is 0 Å². The lowest BCUT2D eigenvalue weighted by molar-refractivity contribution is 0.0689. The third-order valence-corrected chi connectivity index (χ3v) is 3.27. The Kier molecular flexibility index (Phi) is 3.17. The smallest absolute Gasteiger partial charge is 0.356 e. The molecule has 3 aromatic rings. The van der Waals surface area contributed by atoms with E-state index in [2.05, 4.69) is 15.1 Å². The molecule has 0 radical (unpaired) electrons. The topological polar surface area (TPSA) is 85.3 Å². The van der Waals surface area contributed by atoms with Crippen LogP contribution in [0, 0.1) is 0 Å². The minimum absolute atomic E-state index is 0.0906. The van der Waals surface area contributed by atoms with E-state index in [4.69, 9.17) is 0 Å². The number of pyridine rings is 1. The predicted octanol–water partition coefficient (Wildman–Crippen LogP) is 1.74. The number of hydrogen-bond donors (Lipinski definition) is 1. The minimum Gasteiger partial charge on any atom is -0.476 e. The Balaban J connectivity index is 2.31. The number of aromatic carboxylic acids is 1. The lowest BCUT2D eigenvalue weighted by Gasteiger charge is -2.02. The molecule has 0 unspecified atom stereocenters. The molecule has 7 nitrogen and oxygen atoms in total. The van der Waals surface area contributed by atoms with E-state index in [9.17, 15) is 9.90 Å². The van der Waals surface area contributed by atoms with Crippen molar-refractivity contribution < 1.29 is 9.90 Å². The van der Waals surface area contributed by atoms with Gasteiger partial charge in [-0.25, -0.2) is 14.8 Å². The van der Waals surface area contributed by atoms with Gasteiger partial charge in [0.05, 0.1) is 0 Å². The third kappa shape index (κ3) is 2.06. The van der Waals surface area contributed by atoms with Gasteiger partial charge in [0.15, 0.2) is 17.3 Å². The predicted molar refractivity (Wildman–Crippen MR) is 75.8 cm³/mol. The number of carboxylic acids is 1. The maximum atomic E-state index is 11.6. The number of hydrogen-bond acceptors (Lipinski definition) is 4. The Labute approximate surface area is 120 Å². The first kappa shape index (κ1) is 13.3. The Hall–Kier alpha value is -2.70. The van der Waals surface area contributed by atoms with Crippen LogP contribution in [0.3, 0.4) is 0 Å². The number of carbonyl (C=O) groups is 1. The van der Waals surface area contributed by atoms with Gasteiger partial charge in [-0.2, -0.15) is 4.68 Å². The maximum absolute atomic E-state index is 11.6. The zero-order valence-electron chi connectivity index (χ0n) is 11.8. The highest BCUT2D eigenvalue weighted by Crippen LogP contribution is 2.18. The number of rotatable bonds is 4. The van der Waals surface area contributed by atoms with Gasteiger partial charge in [0.25, 0.3) is 0 Å². The normalized spacial score (nSPS) is 11.1. The van der Waals surface area contributed by atoms with E-state index >= 15 is 0 Å². The summed E-state index contributed by atoms with van der Waals surface area (Å²) in [4.78, 5) is 20.4. The average molecular weight is 285 g/mol. The van der Waals surface area contributed by atoms with E-state index in [1.165, 1.54) is 4.68 Å². The summed E-state index contributed by atoms with van der Waals surface area (Å²) < 4.78 is 3.08. The lowest BCUT2D eigenvalue weighted by atomic mass is 10.4. The van der Waals surface area contributed by atoms with Crippen LogP contribution in [0.1, 0.15) is 36.0 Å². The Morgan fingerprint density at radius 3 is 2.71 bits per heavy atom. The standard InChI is InChI=1S/C14H15N5O2/c1-3-9-15-10(4-2)19(17-9)13-12(14(20)21)18-8-6-5-7-11(18)16-13/h5-8H,3-4H2,1-2H3,(H,20,21). The summed E-state index contributed by atoms with van der Waals surface area (Å²) in [5.41, 5.74) is 0.661. The molecule has 0 saturated heterocycles. The zero-order valence-corrected chi connectivity index (χ0v) is 11.8. The number of nitrogens with zero attached hydrogens (tertiary/aromatic N) is 5. The second-order valence-electron chi connectivity index (χ2n) is 4.58. The molecule has 7 heteroatoms. The van der Waals surface area contributed by atoms with Crippen LogP contribution in [-0.4, -0.2) is 35.2 Å². The first-order valence-corrected chi connectivity index (χ1v) is 6.81. The summed E-state index contributed by atoms with van der Waals surface area (Å²) in [7, 11) is 0. The van der Waals surface area contributed by atoms with E-state index in [0.29, 0.717) is 36.0 Å². The molecule has 0 fully saturated rings. The van der Waals surface area contributed by atoms with Crippen LogP contribution < -0.4 is 0 Å². The molecule has 3 heterocycles. The molecule has 0 saturated carbocycles. The second-order valence-corrected chi connectivity index (χ2v) is 4.58. The Morgan fingerprint density at radius 2 is 2.05 bits per heavy atom. The van der Waals surface area contributed by atoms with Gasteiger partial charge in [-0.3, -0.25) is 4.40 Å². The summed E-state index contributed by atoms with van der Waals surface area (Å²) in [5, 5.41) is 13.9. The van der Waals surface area contributed by atoms with E-state index in [-0.39, 0.29) is 5.69 Å². The molecule has 0 spiro atoms. The SMILES string of the molecule is CCc1nc(CC)n(-c2nc3ccccn3c2C(=O)O)n1. The molecule has 0 atom stereocenters. The molecule has 0 aliphatic heterocycles. The van der Waals surface area contributed by atoms with Crippen LogP contribution in [-0.2, 0) is 12.8 Å².